The third kappa shape index (κ3) is 3.25. The highest BCUT2D eigenvalue weighted by atomic mass is 16.5. The molecule has 2 aromatic rings. The molecule has 19 heavy (non-hydrogen) atoms. The first-order chi connectivity index (χ1) is 9.20. The van der Waals surface area contributed by atoms with Crippen LogP contribution in [0.5, 0.6) is 11.5 Å². The average Bonchev–Trinajstić information content (AvgIpc) is 2.46. The Labute approximate surface area is 111 Å². The van der Waals surface area contributed by atoms with Gasteiger partial charge in [-0.15, -0.1) is 0 Å². The fraction of sp³-hybridized carbons (Fsp3) is 0.133. The van der Waals surface area contributed by atoms with Crippen molar-refractivity contribution in [1.82, 2.24) is 0 Å². The summed E-state index contributed by atoms with van der Waals surface area (Å²) < 4.78 is 10.1. The van der Waals surface area contributed by atoms with Crippen molar-refractivity contribution in [2.75, 3.05) is 7.11 Å². The number of para-hydroxylation sites is 2. The molecule has 0 unspecified atom stereocenters. The quantitative estimate of drug-likeness (QED) is 0.857. The SMILES string of the molecule is COC(=O)c1ccc(COc2ccccc2O)cc1. The number of aromatic hydroxyl groups is 1. The van der Waals surface area contributed by atoms with Crippen LogP contribution in [-0.2, 0) is 11.3 Å². The summed E-state index contributed by atoms with van der Waals surface area (Å²) in [6.45, 7) is 0.318. The Hall–Kier alpha value is -2.49. The molecule has 0 aliphatic carbocycles. The summed E-state index contributed by atoms with van der Waals surface area (Å²) in [6.07, 6.45) is 0. The average molecular weight is 258 g/mol. The van der Waals surface area contributed by atoms with E-state index in [0.29, 0.717) is 17.9 Å². The zero-order chi connectivity index (χ0) is 13.7. The Morgan fingerprint density at radius 1 is 1.11 bits per heavy atom. The lowest BCUT2D eigenvalue weighted by atomic mass is 10.1. The van der Waals surface area contributed by atoms with E-state index in [1.54, 1.807) is 48.5 Å². The van der Waals surface area contributed by atoms with Crippen LogP contribution in [0.1, 0.15) is 15.9 Å². The lowest BCUT2D eigenvalue weighted by molar-refractivity contribution is 0.0600. The number of esters is 1. The minimum Gasteiger partial charge on any atom is -0.504 e. The lowest BCUT2D eigenvalue weighted by Crippen LogP contribution is -2.02. The molecule has 0 bridgehead atoms. The van der Waals surface area contributed by atoms with Gasteiger partial charge in [0.25, 0.3) is 0 Å². The smallest absolute Gasteiger partial charge is 0.337 e. The summed E-state index contributed by atoms with van der Waals surface area (Å²) in [6, 6.07) is 13.7. The van der Waals surface area contributed by atoms with Gasteiger partial charge in [0.05, 0.1) is 12.7 Å². The molecule has 98 valence electrons. The van der Waals surface area contributed by atoms with Crippen molar-refractivity contribution >= 4 is 5.97 Å². The standard InChI is InChI=1S/C15H14O4/c1-18-15(17)12-8-6-11(7-9-12)10-19-14-5-3-2-4-13(14)16/h2-9,16H,10H2,1H3. The Balaban J connectivity index is 2.01. The number of phenols is 1. The predicted molar refractivity (Wildman–Crippen MR) is 70.2 cm³/mol. The Kier molecular flexibility index (Phi) is 4.03. The van der Waals surface area contributed by atoms with Crippen molar-refractivity contribution in [3.63, 3.8) is 0 Å². The first kappa shape index (κ1) is 13.0. The van der Waals surface area contributed by atoms with Gasteiger partial charge in [0.15, 0.2) is 11.5 Å². The summed E-state index contributed by atoms with van der Waals surface area (Å²) >= 11 is 0. The van der Waals surface area contributed by atoms with Gasteiger partial charge in [0.1, 0.15) is 6.61 Å². The number of carbonyl (C=O) groups is 1. The van der Waals surface area contributed by atoms with Crippen molar-refractivity contribution in [2.45, 2.75) is 6.61 Å². The Morgan fingerprint density at radius 2 is 1.79 bits per heavy atom. The predicted octanol–water partition coefficient (Wildman–Crippen LogP) is 2.76. The second-order valence-electron chi connectivity index (χ2n) is 3.94. The zero-order valence-electron chi connectivity index (χ0n) is 10.5. The largest absolute Gasteiger partial charge is 0.504 e. The molecule has 1 N–H and O–H groups in total. The molecule has 0 aliphatic heterocycles. The number of ether oxygens (including phenoxy) is 2. The number of carbonyl (C=O) groups excluding carboxylic acids is 1. The van der Waals surface area contributed by atoms with E-state index in [9.17, 15) is 9.90 Å². The minimum absolute atomic E-state index is 0.105. The van der Waals surface area contributed by atoms with Crippen molar-refractivity contribution in [1.29, 1.82) is 0 Å². The van der Waals surface area contributed by atoms with Gasteiger partial charge in [-0.25, -0.2) is 4.79 Å². The van der Waals surface area contributed by atoms with Crippen molar-refractivity contribution in [2.24, 2.45) is 0 Å². The number of hydrogen-bond acceptors (Lipinski definition) is 4. The van der Waals surface area contributed by atoms with E-state index in [-0.39, 0.29) is 11.7 Å². The summed E-state index contributed by atoms with van der Waals surface area (Å²) in [5.41, 5.74) is 1.39. The number of methoxy groups -OCH3 is 1. The van der Waals surface area contributed by atoms with Crippen LogP contribution in [0, 0.1) is 0 Å². The number of phenolic OH excluding ortho intramolecular Hbond substituents is 1. The van der Waals surface area contributed by atoms with Crippen LogP contribution in [0.25, 0.3) is 0 Å². The van der Waals surface area contributed by atoms with Gasteiger partial charge < -0.3 is 14.6 Å². The van der Waals surface area contributed by atoms with Gasteiger partial charge in [-0.05, 0) is 29.8 Å². The van der Waals surface area contributed by atoms with Crippen LogP contribution in [0.15, 0.2) is 48.5 Å². The first-order valence-corrected chi connectivity index (χ1v) is 5.79. The maximum absolute atomic E-state index is 11.3. The van der Waals surface area contributed by atoms with E-state index in [0.717, 1.165) is 5.56 Å². The molecule has 4 heteroatoms. The molecule has 0 radical (unpaired) electrons. The van der Waals surface area contributed by atoms with Crippen LogP contribution in [0.2, 0.25) is 0 Å². The van der Waals surface area contributed by atoms with Gasteiger partial charge in [-0.1, -0.05) is 24.3 Å². The normalized spacial score (nSPS) is 9.95. The summed E-state index contributed by atoms with van der Waals surface area (Å²) in [5, 5.41) is 9.55. The molecule has 0 amide bonds. The first-order valence-electron chi connectivity index (χ1n) is 5.79. The zero-order valence-corrected chi connectivity index (χ0v) is 10.5. The van der Waals surface area contributed by atoms with Gasteiger partial charge in [0, 0.05) is 0 Å². The molecule has 0 heterocycles. The molecule has 0 spiro atoms. The van der Waals surface area contributed by atoms with E-state index in [1.165, 1.54) is 7.11 Å². The van der Waals surface area contributed by atoms with E-state index >= 15 is 0 Å². The van der Waals surface area contributed by atoms with Gasteiger partial charge in [-0.3, -0.25) is 0 Å². The van der Waals surface area contributed by atoms with E-state index in [2.05, 4.69) is 4.74 Å². The Morgan fingerprint density at radius 3 is 2.42 bits per heavy atom. The highest BCUT2D eigenvalue weighted by molar-refractivity contribution is 5.89. The molecule has 0 saturated heterocycles. The van der Waals surface area contributed by atoms with Crippen LogP contribution >= 0.6 is 0 Å². The monoisotopic (exact) mass is 258 g/mol. The molecule has 0 aromatic heterocycles. The number of hydrogen-bond donors (Lipinski definition) is 1. The van der Waals surface area contributed by atoms with E-state index in [4.69, 9.17) is 4.74 Å². The molecule has 4 nitrogen and oxygen atoms in total. The third-order valence-electron chi connectivity index (χ3n) is 2.63. The van der Waals surface area contributed by atoms with Gasteiger partial charge >= 0.3 is 5.97 Å². The molecular weight excluding hydrogens is 244 g/mol. The van der Waals surface area contributed by atoms with Gasteiger partial charge in [-0.2, -0.15) is 0 Å². The summed E-state index contributed by atoms with van der Waals surface area (Å²) in [5.74, 6) is 0.168. The van der Waals surface area contributed by atoms with E-state index in [1.807, 2.05) is 0 Å². The lowest BCUT2D eigenvalue weighted by Gasteiger charge is -2.08. The van der Waals surface area contributed by atoms with Crippen LogP contribution < -0.4 is 4.74 Å². The maximum Gasteiger partial charge on any atom is 0.337 e. The third-order valence-corrected chi connectivity index (χ3v) is 2.63. The van der Waals surface area contributed by atoms with Crippen molar-refractivity contribution < 1.29 is 19.4 Å². The summed E-state index contributed by atoms with van der Waals surface area (Å²) in [4.78, 5) is 11.3. The maximum atomic E-state index is 11.3. The summed E-state index contributed by atoms with van der Waals surface area (Å²) in [7, 11) is 1.34. The molecular formula is C15H14O4. The van der Waals surface area contributed by atoms with Crippen LogP contribution in [-0.4, -0.2) is 18.2 Å². The second-order valence-corrected chi connectivity index (χ2v) is 3.94. The topological polar surface area (TPSA) is 55.8 Å². The fourth-order valence-electron chi connectivity index (χ4n) is 1.60. The molecule has 2 rings (SSSR count). The molecule has 0 atom stereocenters. The molecule has 0 saturated carbocycles. The van der Waals surface area contributed by atoms with Crippen molar-refractivity contribution in [3.05, 3.63) is 59.7 Å². The molecule has 0 aliphatic rings. The number of rotatable bonds is 4. The fourth-order valence-corrected chi connectivity index (χ4v) is 1.60. The van der Waals surface area contributed by atoms with Crippen LogP contribution in [0.4, 0.5) is 0 Å². The number of benzene rings is 2. The highest BCUT2D eigenvalue weighted by Crippen LogP contribution is 2.25. The highest BCUT2D eigenvalue weighted by Gasteiger charge is 2.05. The minimum atomic E-state index is -0.367. The van der Waals surface area contributed by atoms with E-state index < -0.39 is 0 Å². The molecule has 2 aromatic carbocycles. The van der Waals surface area contributed by atoms with Crippen molar-refractivity contribution in [3.8, 4) is 11.5 Å². The van der Waals surface area contributed by atoms with Crippen LogP contribution in [0.3, 0.4) is 0 Å². The second kappa shape index (κ2) is 5.91. The molecule has 0 fully saturated rings. The van der Waals surface area contributed by atoms with Gasteiger partial charge in [0.2, 0.25) is 0 Å². The Bertz CT molecular complexity index is 561.